The minimum absolute atomic E-state index is 0.128. The first-order valence-electron chi connectivity index (χ1n) is 7.18. The van der Waals surface area contributed by atoms with E-state index in [2.05, 4.69) is 0 Å². The van der Waals surface area contributed by atoms with Gasteiger partial charge in [-0.25, -0.2) is 0 Å². The summed E-state index contributed by atoms with van der Waals surface area (Å²) < 4.78 is 37.5. The summed E-state index contributed by atoms with van der Waals surface area (Å²) in [7, 11) is 0. The van der Waals surface area contributed by atoms with Crippen LogP contribution in [0, 0.1) is 0 Å². The molecule has 0 amide bonds. The van der Waals surface area contributed by atoms with Crippen molar-refractivity contribution >= 4 is 0 Å². The topological polar surface area (TPSA) is 63.9 Å². The van der Waals surface area contributed by atoms with E-state index in [9.17, 15) is 28.5 Å². The van der Waals surface area contributed by atoms with Crippen molar-refractivity contribution in [2.45, 2.75) is 37.3 Å². The molecule has 1 aliphatic heterocycles. The van der Waals surface area contributed by atoms with E-state index in [1.165, 1.54) is 12.1 Å². The number of hydrogen-bond acceptors (Lipinski definition) is 4. The molecule has 1 aliphatic rings. The second-order valence-corrected chi connectivity index (χ2v) is 5.65. The van der Waals surface area contributed by atoms with Crippen LogP contribution in [0.4, 0.5) is 13.2 Å². The Morgan fingerprint density at radius 1 is 1.09 bits per heavy atom. The number of benzene rings is 1. The largest absolute Gasteiger partial charge is 0.416 e. The molecule has 0 aromatic heterocycles. The summed E-state index contributed by atoms with van der Waals surface area (Å²) in [5.74, 6) is 0. The molecular weight excluding hydrogens is 299 g/mol. The lowest BCUT2D eigenvalue weighted by atomic mass is 9.97. The van der Waals surface area contributed by atoms with Gasteiger partial charge in [0.25, 0.3) is 0 Å². The Kier molecular flexibility index (Phi) is 5.44. The smallest absolute Gasteiger partial charge is 0.395 e. The molecule has 124 valence electrons. The molecule has 1 saturated heterocycles. The van der Waals surface area contributed by atoms with Crippen molar-refractivity contribution in [3.63, 3.8) is 0 Å². The van der Waals surface area contributed by atoms with Gasteiger partial charge in [0.1, 0.15) is 0 Å². The maximum absolute atomic E-state index is 12.5. The number of aliphatic hydroxyl groups excluding tert-OH is 3. The van der Waals surface area contributed by atoms with E-state index >= 15 is 0 Å². The Hall–Kier alpha value is -1.15. The fourth-order valence-corrected chi connectivity index (χ4v) is 2.69. The average molecular weight is 319 g/mol. The van der Waals surface area contributed by atoms with Crippen LogP contribution in [0.25, 0.3) is 0 Å². The molecule has 1 aromatic rings. The molecule has 1 unspecified atom stereocenters. The van der Waals surface area contributed by atoms with Crippen LogP contribution in [-0.4, -0.2) is 58.2 Å². The molecule has 0 saturated carbocycles. The number of nitrogens with zero attached hydrogens (tertiary/aromatic N) is 1. The van der Waals surface area contributed by atoms with E-state index in [-0.39, 0.29) is 25.6 Å². The third kappa shape index (κ3) is 4.19. The van der Waals surface area contributed by atoms with Gasteiger partial charge in [-0.15, -0.1) is 0 Å². The molecule has 0 bridgehead atoms. The lowest BCUT2D eigenvalue weighted by Gasteiger charge is -2.39. The molecule has 7 heteroatoms. The second kappa shape index (κ2) is 6.95. The van der Waals surface area contributed by atoms with Crippen LogP contribution in [0.5, 0.6) is 0 Å². The third-order valence-electron chi connectivity index (χ3n) is 4.08. The Bertz CT molecular complexity index is 478. The van der Waals surface area contributed by atoms with Crippen LogP contribution in [0.15, 0.2) is 24.3 Å². The number of piperidine rings is 1. The summed E-state index contributed by atoms with van der Waals surface area (Å²) in [6, 6.07) is 4.73. The number of β-amino-alcohol motifs (C(OH)–C–C–N with tert-alkyl or cyclic N) is 1. The van der Waals surface area contributed by atoms with Gasteiger partial charge in [0, 0.05) is 19.1 Å². The van der Waals surface area contributed by atoms with Crippen molar-refractivity contribution in [3.8, 4) is 0 Å². The number of halogens is 3. The van der Waals surface area contributed by atoms with E-state index < -0.39 is 23.9 Å². The van der Waals surface area contributed by atoms with Gasteiger partial charge in [0.2, 0.25) is 0 Å². The van der Waals surface area contributed by atoms with Crippen LogP contribution in [-0.2, 0) is 12.6 Å². The van der Waals surface area contributed by atoms with Gasteiger partial charge in [-0.1, -0.05) is 12.1 Å². The molecule has 0 aliphatic carbocycles. The first kappa shape index (κ1) is 17.2. The number of rotatable bonds is 4. The number of aliphatic hydroxyl groups is 3. The van der Waals surface area contributed by atoms with Gasteiger partial charge in [-0.3, -0.25) is 4.90 Å². The molecule has 4 nitrogen and oxygen atoms in total. The maximum Gasteiger partial charge on any atom is 0.416 e. The van der Waals surface area contributed by atoms with Gasteiger partial charge >= 0.3 is 6.18 Å². The average Bonchev–Trinajstić information content (AvgIpc) is 2.47. The van der Waals surface area contributed by atoms with Crippen molar-refractivity contribution in [3.05, 3.63) is 35.4 Å². The third-order valence-corrected chi connectivity index (χ3v) is 4.08. The second-order valence-electron chi connectivity index (χ2n) is 5.65. The number of likely N-dealkylation sites (tertiary alicyclic amines) is 1. The highest BCUT2D eigenvalue weighted by Gasteiger charge is 2.33. The predicted molar refractivity (Wildman–Crippen MR) is 74.2 cm³/mol. The normalized spacial score (nSPS) is 27.1. The molecule has 0 radical (unpaired) electrons. The van der Waals surface area contributed by atoms with Crippen LogP contribution < -0.4 is 0 Å². The zero-order valence-electron chi connectivity index (χ0n) is 12.0. The van der Waals surface area contributed by atoms with Crippen molar-refractivity contribution < 1.29 is 28.5 Å². The van der Waals surface area contributed by atoms with Crippen molar-refractivity contribution in [2.75, 3.05) is 19.7 Å². The monoisotopic (exact) mass is 319 g/mol. The van der Waals surface area contributed by atoms with Gasteiger partial charge in [0.05, 0.1) is 24.4 Å². The predicted octanol–water partition coefficient (Wildman–Crippen LogP) is 1.04. The van der Waals surface area contributed by atoms with Gasteiger partial charge in [0.15, 0.2) is 0 Å². The molecule has 3 N–H and O–H groups in total. The molecule has 3 atom stereocenters. The number of alkyl halides is 3. The lowest BCUT2D eigenvalue weighted by Crippen LogP contribution is -2.54. The minimum atomic E-state index is -4.34. The fraction of sp³-hybridized carbons (Fsp3) is 0.600. The van der Waals surface area contributed by atoms with Crippen LogP contribution in [0.1, 0.15) is 17.5 Å². The summed E-state index contributed by atoms with van der Waals surface area (Å²) in [5.41, 5.74) is 0.0753. The van der Waals surface area contributed by atoms with E-state index in [0.29, 0.717) is 13.0 Å². The SMILES string of the molecule is OC[C@H]1CC(O)[C@@H](O)CN1CCc1ccc(C(F)(F)F)cc1. The fourth-order valence-electron chi connectivity index (χ4n) is 2.69. The molecule has 0 spiro atoms. The Labute approximate surface area is 126 Å². The van der Waals surface area contributed by atoms with Crippen molar-refractivity contribution in [1.29, 1.82) is 0 Å². The summed E-state index contributed by atoms with van der Waals surface area (Å²) in [6.07, 6.45) is -5.26. The van der Waals surface area contributed by atoms with Crippen LogP contribution >= 0.6 is 0 Å². The zero-order chi connectivity index (χ0) is 16.3. The van der Waals surface area contributed by atoms with E-state index in [1.807, 2.05) is 4.90 Å². The highest BCUT2D eigenvalue weighted by atomic mass is 19.4. The van der Waals surface area contributed by atoms with Gasteiger partial charge in [-0.05, 0) is 30.5 Å². The Morgan fingerprint density at radius 2 is 1.73 bits per heavy atom. The molecule has 2 rings (SSSR count). The highest BCUT2D eigenvalue weighted by molar-refractivity contribution is 5.24. The first-order chi connectivity index (χ1) is 10.3. The highest BCUT2D eigenvalue weighted by Crippen LogP contribution is 2.29. The molecule has 1 aromatic carbocycles. The quantitative estimate of drug-likeness (QED) is 0.776. The Morgan fingerprint density at radius 3 is 2.27 bits per heavy atom. The maximum atomic E-state index is 12.5. The van der Waals surface area contributed by atoms with Crippen molar-refractivity contribution in [1.82, 2.24) is 4.90 Å². The minimum Gasteiger partial charge on any atom is -0.395 e. The summed E-state index contributed by atoms with van der Waals surface area (Å²) in [4.78, 5) is 1.86. The van der Waals surface area contributed by atoms with E-state index in [1.54, 1.807) is 0 Å². The summed E-state index contributed by atoms with van der Waals surface area (Å²) >= 11 is 0. The molecule has 22 heavy (non-hydrogen) atoms. The molecular formula is C15H20F3NO3. The first-order valence-corrected chi connectivity index (χ1v) is 7.18. The van der Waals surface area contributed by atoms with Crippen LogP contribution in [0.2, 0.25) is 0 Å². The van der Waals surface area contributed by atoms with Gasteiger partial charge in [-0.2, -0.15) is 13.2 Å². The molecule has 1 fully saturated rings. The lowest BCUT2D eigenvalue weighted by molar-refractivity contribution is -0.137. The van der Waals surface area contributed by atoms with Gasteiger partial charge < -0.3 is 15.3 Å². The van der Waals surface area contributed by atoms with E-state index in [0.717, 1.165) is 17.7 Å². The molecule has 1 heterocycles. The number of hydrogen-bond donors (Lipinski definition) is 3. The van der Waals surface area contributed by atoms with E-state index in [4.69, 9.17) is 0 Å². The summed E-state index contributed by atoms with van der Waals surface area (Å²) in [6.45, 7) is 0.615. The van der Waals surface area contributed by atoms with Crippen molar-refractivity contribution in [2.24, 2.45) is 0 Å². The Balaban J connectivity index is 1.94. The summed E-state index contributed by atoms with van der Waals surface area (Å²) in [5, 5.41) is 28.6. The van der Waals surface area contributed by atoms with Crippen LogP contribution in [0.3, 0.4) is 0 Å². The standard InChI is InChI=1S/C15H20F3NO3/c16-15(17,18)11-3-1-10(2-4-11)5-6-19-8-14(22)13(21)7-12(19)9-20/h1-4,12-14,20-22H,5-9H2/t12-,13?,14+/m1/s1. The zero-order valence-corrected chi connectivity index (χ0v) is 12.0.